The van der Waals surface area contributed by atoms with Crippen LogP contribution in [-0.4, -0.2) is 27.8 Å². The smallest absolute Gasteiger partial charge is 0.277 e. The van der Waals surface area contributed by atoms with E-state index >= 15 is 0 Å². The Morgan fingerprint density at radius 2 is 2.29 bits per heavy atom. The van der Waals surface area contributed by atoms with Gasteiger partial charge in [0.25, 0.3) is 17.0 Å². The van der Waals surface area contributed by atoms with E-state index < -0.39 is 5.91 Å². The Morgan fingerprint density at radius 1 is 1.43 bits per heavy atom. The topological polar surface area (TPSA) is 111 Å². The average Bonchev–Trinajstić information content (AvgIpc) is 3.38. The number of amides is 2. The van der Waals surface area contributed by atoms with Gasteiger partial charge in [-0.3, -0.25) is 9.59 Å². The van der Waals surface area contributed by atoms with Gasteiger partial charge in [-0.05, 0) is 48.3 Å². The molecule has 0 bridgehead atoms. The zero-order chi connectivity index (χ0) is 19.7. The van der Waals surface area contributed by atoms with Crippen LogP contribution < -0.4 is 11.1 Å². The van der Waals surface area contributed by atoms with Crippen LogP contribution >= 0.6 is 34.4 Å². The Hall–Kier alpha value is -2.17. The van der Waals surface area contributed by atoms with Gasteiger partial charge in [0, 0.05) is 4.88 Å². The van der Waals surface area contributed by atoms with Gasteiger partial charge in [0.1, 0.15) is 5.00 Å². The molecule has 3 N–H and O–H groups in total. The molecular formula is C18H18N4O3S3. The Bertz CT molecular complexity index is 1020. The number of fused-ring (bicyclic) bond motifs is 1. The van der Waals surface area contributed by atoms with Crippen molar-refractivity contribution in [1.82, 2.24) is 10.2 Å². The molecule has 3 aromatic heterocycles. The van der Waals surface area contributed by atoms with Gasteiger partial charge in [0.05, 0.1) is 16.2 Å². The summed E-state index contributed by atoms with van der Waals surface area (Å²) in [6.07, 6.45) is 3.41. The summed E-state index contributed by atoms with van der Waals surface area (Å²) in [5.41, 5.74) is 6.97. The number of rotatable bonds is 6. The van der Waals surface area contributed by atoms with Gasteiger partial charge in [-0.25, -0.2) is 0 Å². The van der Waals surface area contributed by atoms with Gasteiger partial charge in [0.15, 0.2) is 0 Å². The minimum absolute atomic E-state index is 0.0934. The number of carbonyl (C=O) groups excluding carboxylic acids is 2. The van der Waals surface area contributed by atoms with Crippen LogP contribution in [0.2, 0.25) is 0 Å². The van der Waals surface area contributed by atoms with Crippen LogP contribution in [0.25, 0.3) is 10.8 Å². The molecule has 146 valence electrons. The molecule has 0 radical (unpaired) electrons. The molecular weight excluding hydrogens is 416 g/mol. The van der Waals surface area contributed by atoms with Crippen molar-refractivity contribution in [2.45, 2.75) is 31.4 Å². The molecule has 0 unspecified atom stereocenters. The Morgan fingerprint density at radius 3 is 3.11 bits per heavy atom. The lowest BCUT2D eigenvalue weighted by Crippen LogP contribution is -2.17. The van der Waals surface area contributed by atoms with Crippen molar-refractivity contribution in [3.63, 3.8) is 0 Å². The monoisotopic (exact) mass is 434 g/mol. The number of anilines is 1. The summed E-state index contributed by atoms with van der Waals surface area (Å²) < 4.78 is 5.72. The first kappa shape index (κ1) is 19.2. The Labute approximate surface area is 173 Å². The predicted molar refractivity (Wildman–Crippen MR) is 111 cm³/mol. The highest BCUT2D eigenvalue weighted by Gasteiger charge is 2.21. The Kier molecular flexibility index (Phi) is 5.51. The molecule has 0 aliphatic heterocycles. The van der Waals surface area contributed by atoms with E-state index in [9.17, 15) is 9.59 Å². The van der Waals surface area contributed by atoms with Crippen molar-refractivity contribution in [2.75, 3.05) is 11.1 Å². The minimum atomic E-state index is -0.571. The van der Waals surface area contributed by atoms with E-state index in [-0.39, 0.29) is 11.7 Å². The molecule has 0 saturated heterocycles. The van der Waals surface area contributed by atoms with Gasteiger partial charge < -0.3 is 15.5 Å². The van der Waals surface area contributed by atoms with Crippen molar-refractivity contribution in [3.8, 4) is 10.8 Å². The second-order valence-electron chi connectivity index (χ2n) is 6.64. The van der Waals surface area contributed by atoms with Gasteiger partial charge >= 0.3 is 0 Å². The van der Waals surface area contributed by atoms with Gasteiger partial charge in [-0.15, -0.1) is 32.9 Å². The van der Waals surface area contributed by atoms with E-state index in [1.807, 2.05) is 0 Å². The lowest BCUT2D eigenvalue weighted by molar-refractivity contribution is -0.113. The maximum absolute atomic E-state index is 12.1. The predicted octanol–water partition coefficient (Wildman–Crippen LogP) is 3.81. The van der Waals surface area contributed by atoms with Crippen molar-refractivity contribution >= 4 is 51.3 Å². The lowest BCUT2D eigenvalue weighted by atomic mass is 9.90. The Balaban J connectivity index is 1.37. The number of thioether (sulfide) groups is 1. The quantitative estimate of drug-likeness (QED) is 0.571. The summed E-state index contributed by atoms with van der Waals surface area (Å²) in [6.45, 7) is 2.28. The molecule has 0 fully saturated rings. The highest BCUT2D eigenvalue weighted by atomic mass is 32.2. The number of nitrogens with one attached hydrogen (secondary N) is 1. The van der Waals surface area contributed by atoms with E-state index in [0.29, 0.717) is 27.6 Å². The van der Waals surface area contributed by atoms with Crippen LogP contribution in [0.1, 0.15) is 34.1 Å². The number of nitrogens with two attached hydrogens (primary N) is 1. The summed E-state index contributed by atoms with van der Waals surface area (Å²) in [7, 11) is 0. The normalized spacial score (nSPS) is 16.0. The third-order valence-electron chi connectivity index (χ3n) is 4.46. The highest BCUT2D eigenvalue weighted by Crippen LogP contribution is 2.37. The third-order valence-corrected chi connectivity index (χ3v) is 7.30. The minimum Gasteiger partial charge on any atom is -0.410 e. The fraction of sp³-hybridized carbons (Fsp3) is 0.333. The number of carbonyl (C=O) groups is 2. The molecule has 1 aliphatic rings. The van der Waals surface area contributed by atoms with Crippen molar-refractivity contribution in [2.24, 2.45) is 11.7 Å². The highest BCUT2D eigenvalue weighted by molar-refractivity contribution is 7.99. The van der Waals surface area contributed by atoms with Crippen LogP contribution in [0.5, 0.6) is 0 Å². The molecule has 1 aliphatic carbocycles. The van der Waals surface area contributed by atoms with Crippen molar-refractivity contribution in [1.29, 1.82) is 0 Å². The number of thiophene rings is 2. The molecule has 3 heterocycles. The first-order valence-corrected chi connectivity index (χ1v) is 11.4. The first-order chi connectivity index (χ1) is 13.5. The molecule has 7 nitrogen and oxygen atoms in total. The van der Waals surface area contributed by atoms with Crippen LogP contribution in [0.4, 0.5) is 5.00 Å². The molecule has 3 aromatic rings. The molecule has 4 rings (SSSR count). The van der Waals surface area contributed by atoms with Crippen molar-refractivity contribution in [3.05, 3.63) is 33.5 Å². The third kappa shape index (κ3) is 4.13. The first-order valence-electron chi connectivity index (χ1n) is 8.75. The van der Waals surface area contributed by atoms with Gasteiger partial charge in [-0.1, -0.05) is 18.7 Å². The number of hydrogen-bond acceptors (Lipinski definition) is 8. The maximum Gasteiger partial charge on any atom is 0.277 e. The van der Waals surface area contributed by atoms with Gasteiger partial charge in [0.2, 0.25) is 5.91 Å². The number of aromatic nitrogens is 2. The SMILES string of the molecule is C[C@H]1CCc2cc(-c3nnc(SCC(=O)Nc4sccc4C(N)=O)o3)sc2C1. The second-order valence-corrected chi connectivity index (χ2v) is 9.62. The van der Waals surface area contributed by atoms with E-state index in [1.165, 1.54) is 28.2 Å². The summed E-state index contributed by atoms with van der Waals surface area (Å²) in [4.78, 5) is 25.8. The summed E-state index contributed by atoms with van der Waals surface area (Å²) >= 11 is 4.12. The average molecular weight is 435 g/mol. The van der Waals surface area contributed by atoms with Gasteiger partial charge in [-0.2, -0.15) is 0 Å². The number of primary amides is 1. The van der Waals surface area contributed by atoms with E-state index in [4.69, 9.17) is 10.2 Å². The molecule has 0 aromatic carbocycles. The molecule has 2 amide bonds. The molecule has 10 heteroatoms. The van der Waals surface area contributed by atoms with Crippen LogP contribution in [0.15, 0.2) is 27.2 Å². The second kappa shape index (κ2) is 8.06. The number of aryl methyl sites for hydroxylation is 1. The zero-order valence-electron chi connectivity index (χ0n) is 15.1. The van der Waals surface area contributed by atoms with E-state index in [1.54, 1.807) is 22.8 Å². The van der Waals surface area contributed by atoms with Crippen LogP contribution in [0, 0.1) is 5.92 Å². The van der Waals surface area contributed by atoms with E-state index in [0.717, 1.165) is 29.5 Å². The standard InChI is InChI=1S/C18H18N4O3S3/c1-9-2-3-10-7-13(28-12(10)6-9)16-21-22-18(25-16)27-8-14(23)20-17-11(15(19)24)4-5-26-17/h4-5,7,9H,2-3,6,8H2,1H3,(H2,19,24)(H,20,23)/t9-/m0/s1. The molecule has 0 spiro atoms. The summed E-state index contributed by atoms with van der Waals surface area (Å²) in [6, 6.07) is 3.73. The lowest BCUT2D eigenvalue weighted by Gasteiger charge is -2.16. The van der Waals surface area contributed by atoms with E-state index in [2.05, 4.69) is 28.5 Å². The van der Waals surface area contributed by atoms with Crippen molar-refractivity contribution < 1.29 is 14.0 Å². The summed E-state index contributed by atoms with van der Waals surface area (Å²) in [5, 5.41) is 13.3. The number of hydrogen-bond donors (Lipinski definition) is 2. The maximum atomic E-state index is 12.1. The largest absolute Gasteiger partial charge is 0.410 e. The molecule has 28 heavy (non-hydrogen) atoms. The molecule has 1 atom stereocenters. The zero-order valence-corrected chi connectivity index (χ0v) is 17.5. The molecule has 0 saturated carbocycles. The van der Waals surface area contributed by atoms with Crippen LogP contribution in [0.3, 0.4) is 0 Å². The fourth-order valence-electron chi connectivity index (χ4n) is 3.03. The summed E-state index contributed by atoms with van der Waals surface area (Å²) in [5.74, 6) is 0.457. The number of nitrogens with zero attached hydrogens (tertiary/aromatic N) is 2. The fourth-order valence-corrected chi connectivity index (χ4v) is 5.70. The van der Waals surface area contributed by atoms with Crippen LogP contribution in [-0.2, 0) is 17.6 Å².